The molecule has 2 N–H and O–H groups in total. The van der Waals surface area contributed by atoms with Crippen LogP contribution in [-0.2, 0) is 36.3 Å². The minimum Gasteiger partial charge on any atom is -0.467 e. The molecule has 2 amide bonds. The van der Waals surface area contributed by atoms with Crippen LogP contribution in [0.25, 0.3) is 0 Å². The highest BCUT2D eigenvalue weighted by Crippen LogP contribution is 2.10. The second kappa shape index (κ2) is 11.9. The Morgan fingerprint density at radius 2 is 1.74 bits per heavy atom. The van der Waals surface area contributed by atoms with Gasteiger partial charge in [-0.25, -0.2) is 9.18 Å². The number of halogens is 1. The van der Waals surface area contributed by atoms with Crippen LogP contribution in [0.2, 0.25) is 0 Å². The lowest BCUT2D eigenvalue weighted by molar-refractivity contribution is -0.145. The Labute approximate surface area is 182 Å². The first kappa shape index (κ1) is 24.2. The van der Waals surface area contributed by atoms with Gasteiger partial charge in [0.2, 0.25) is 11.8 Å². The van der Waals surface area contributed by atoms with E-state index in [-0.39, 0.29) is 18.6 Å². The van der Waals surface area contributed by atoms with Crippen molar-refractivity contribution in [1.82, 2.24) is 10.6 Å². The highest BCUT2D eigenvalue weighted by molar-refractivity contribution is 7.85. The molecule has 31 heavy (non-hydrogen) atoms. The van der Waals surface area contributed by atoms with Gasteiger partial charge in [-0.05, 0) is 36.2 Å². The summed E-state index contributed by atoms with van der Waals surface area (Å²) in [6.07, 6.45) is 0.111. The number of methoxy groups -OCH3 is 1. The van der Waals surface area contributed by atoms with Gasteiger partial charge in [0.05, 0.1) is 17.9 Å². The Morgan fingerprint density at radius 1 is 1.03 bits per heavy atom. The summed E-state index contributed by atoms with van der Waals surface area (Å²) in [6, 6.07) is 12.4. The predicted octanol–water partition coefficient (Wildman–Crippen LogP) is 1.73. The van der Waals surface area contributed by atoms with Gasteiger partial charge in [0.15, 0.2) is 0 Å². The van der Waals surface area contributed by atoms with Crippen molar-refractivity contribution in [2.45, 2.75) is 36.7 Å². The Hall–Kier alpha value is -3.07. The molecule has 0 aromatic heterocycles. The standard InChI is InChI=1S/C22H25FN2O5S/c1-15(26)24-20(14-16-7-6-8-17(23)13-16)21(27)25-19(22(28)30-2)11-12-31(29)18-9-4-3-5-10-18/h3-10,13,19-20H,11-12,14H2,1-2H3,(H,24,26)(H,25,27)/t19-,20-,31+/m1/s1. The molecule has 0 heterocycles. The summed E-state index contributed by atoms with van der Waals surface area (Å²) in [6.45, 7) is 1.26. The zero-order valence-corrected chi connectivity index (χ0v) is 18.1. The average molecular weight is 449 g/mol. The molecule has 2 aromatic rings. The van der Waals surface area contributed by atoms with Gasteiger partial charge in [-0.15, -0.1) is 0 Å². The van der Waals surface area contributed by atoms with E-state index < -0.39 is 46.5 Å². The largest absolute Gasteiger partial charge is 0.467 e. The van der Waals surface area contributed by atoms with Gasteiger partial charge in [-0.3, -0.25) is 13.8 Å². The van der Waals surface area contributed by atoms with E-state index in [1.165, 1.54) is 32.2 Å². The quantitative estimate of drug-likeness (QED) is 0.539. The van der Waals surface area contributed by atoms with Crippen molar-refractivity contribution in [2.75, 3.05) is 12.9 Å². The maximum atomic E-state index is 13.5. The van der Waals surface area contributed by atoms with E-state index in [0.717, 1.165) is 0 Å². The van der Waals surface area contributed by atoms with Crippen molar-refractivity contribution in [3.05, 3.63) is 66.0 Å². The van der Waals surface area contributed by atoms with E-state index in [4.69, 9.17) is 4.74 Å². The number of nitrogens with one attached hydrogen (secondary N) is 2. The molecule has 9 heteroatoms. The summed E-state index contributed by atoms with van der Waals surface area (Å²) in [7, 11) is -0.174. The third-order valence-electron chi connectivity index (χ3n) is 4.42. The maximum absolute atomic E-state index is 13.5. The Kier molecular flexibility index (Phi) is 9.33. The van der Waals surface area contributed by atoms with Crippen molar-refractivity contribution < 1.29 is 27.7 Å². The van der Waals surface area contributed by atoms with E-state index in [1.807, 2.05) is 0 Å². The number of esters is 1. The van der Waals surface area contributed by atoms with Gasteiger partial charge in [0, 0.05) is 24.0 Å². The molecule has 0 unspecified atom stereocenters. The Bertz CT molecular complexity index is 939. The van der Waals surface area contributed by atoms with Crippen molar-refractivity contribution >= 4 is 28.6 Å². The third kappa shape index (κ3) is 7.93. The number of carbonyl (C=O) groups is 3. The molecule has 0 aliphatic heterocycles. The molecule has 0 aliphatic rings. The molecule has 0 bridgehead atoms. The average Bonchev–Trinajstić information content (AvgIpc) is 2.75. The van der Waals surface area contributed by atoms with Gasteiger partial charge in [0.1, 0.15) is 17.9 Å². The van der Waals surface area contributed by atoms with Crippen LogP contribution in [0, 0.1) is 5.82 Å². The molecular formula is C22H25FN2O5S. The Balaban J connectivity index is 2.08. The normalized spacial score (nSPS) is 13.5. The lowest BCUT2D eigenvalue weighted by Gasteiger charge is -2.22. The predicted molar refractivity (Wildman–Crippen MR) is 114 cm³/mol. The number of carbonyl (C=O) groups excluding carboxylic acids is 3. The minimum absolute atomic E-state index is 0.0347. The van der Waals surface area contributed by atoms with Gasteiger partial charge >= 0.3 is 5.97 Å². The molecule has 3 atom stereocenters. The summed E-state index contributed by atoms with van der Waals surface area (Å²) >= 11 is 0. The van der Waals surface area contributed by atoms with Crippen LogP contribution >= 0.6 is 0 Å². The van der Waals surface area contributed by atoms with Gasteiger partial charge in [0.25, 0.3) is 0 Å². The fourth-order valence-electron chi connectivity index (χ4n) is 2.93. The smallest absolute Gasteiger partial charge is 0.328 e. The fraction of sp³-hybridized carbons (Fsp3) is 0.318. The summed E-state index contributed by atoms with van der Waals surface area (Å²) in [5, 5.41) is 5.07. The maximum Gasteiger partial charge on any atom is 0.328 e. The SMILES string of the molecule is COC(=O)[C@@H](CC[S@](=O)c1ccccc1)NC(=O)[C@@H](Cc1cccc(F)c1)NC(C)=O. The highest BCUT2D eigenvalue weighted by atomic mass is 32.2. The number of hydrogen-bond acceptors (Lipinski definition) is 5. The molecule has 0 aliphatic carbocycles. The van der Waals surface area contributed by atoms with Crippen LogP contribution in [0.15, 0.2) is 59.5 Å². The Morgan fingerprint density at radius 3 is 2.35 bits per heavy atom. The number of rotatable bonds is 10. The zero-order chi connectivity index (χ0) is 22.8. The van der Waals surface area contributed by atoms with E-state index in [1.54, 1.807) is 36.4 Å². The summed E-state index contributed by atoms with van der Waals surface area (Å²) < 4.78 is 30.7. The van der Waals surface area contributed by atoms with E-state index in [0.29, 0.717) is 10.5 Å². The van der Waals surface area contributed by atoms with Crippen LogP contribution in [0.1, 0.15) is 18.9 Å². The van der Waals surface area contributed by atoms with E-state index in [2.05, 4.69) is 10.6 Å². The monoisotopic (exact) mass is 448 g/mol. The molecule has 0 saturated carbocycles. The first-order chi connectivity index (χ1) is 14.8. The highest BCUT2D eigenvalue weighted by Gasteiger charge is 2.27. The summed E-state index contributed by atoms with van der Waals surface area (Å²) in [5.74, 6) is -2.10. The minimum atomic E-state index is -1.36. The lowest BCUT2D eigenvalue weighted by atomic mass is 10.0. The van der Waals surface area contributed by atoms with Crippen LogP contribution in [0.5, 0.6) is 0 Å². The van der Waals surface area contributed by atoms with Crippen molar-refractivity contribution in [1.29, 1.82) is 0 Å². The first-order valence-electron chi connectivity index (χ1n) is 9.63. The molecule has 0 fully saturated rings. The summed E-state index contributed by atoms with van der Waals surface area (Å²) in [4.78, 5) is 37.2. The van der Waals surface area contributed by atoms with Crippen molar-refractivity contribution in [2.24, 2.45) is 0 Å². The second-order valence-corrected chi connectivity index (χ2v) is 8.39. The van der Waals surface area contributed by atoms with Crippen LogP contribution in [0.4, 0.5) is 4.39 Å². The van der Waals surface area contributed by atoms with Crippen LogP contribution in [-0.4, -0.2) is 46.9 Å². The summed E-state index contributed by atoms with van der Waals surface area (Å²) in [5.41, 5.74) is 0.508. The van der Waals surface area contributed by atoms with Crippen LogP contribution in [0.3, 0.4) is 0 Å². The van der Waals surface area contributed by atoms with Crippen molar-refractivity contribution in [3.63, 3.8) is 0 Å². The molecule has 2 aromatic carbocycles. The molecular weight excluding hydrogens is 423 g/mol. The first-order valence-corrected chi connectivity index (χ1v) is 10.9. The third-order valence-corrected chi connectivity index (χ3v) is 5.83. The van der Waals surface area contributed by atoms with Crippen LogP contribution < -0.4 is 10.6 Å². The number of hydrogen-bond donors (Lipinski definition) is 2. The van der Waals surface area contributed by atoms with Gasteiger partial charge in [-0.2, -0.15) is 0 Å². The number of amides is 2. The topological polar surface area (TPSA) is 102 Å². The van der Waals surface area contributed by atoms with E-state index in [9.17, 15) is 23.0 Å². The fourth-order valence-corrected chi connectivity index (χ4v) is 4.08. The molecule has 0 spiro atoms. The molecule has 7 nitrogen and oxygen atoms in total. The molecule has 0 radical (unpaired) electrons. The molecule has 166 valence electrons. The van der Waals surface area contributed by atoms with Crippen molar-refractivity contribution in [3.8, 4) is 0 Å². The molecule has 2 rings (SSSR count). The zero-order valence-electron chi connectivity index (χ0n) is 17.3. The lowest BCUT2D eigenvalue weighted by Crippen LogP contribution is -2.52. The number of benzene rings is 2. The van der Waals surface area contributed by atoms with Gasteiger partial charge in [-0.1, -0.05) is 30.3 Å². The van der Waals surface area contributed by atoms with E-state index >= 15 is 0 Å². The second-order valence-electron chi connectivity index (χ2n) is 6.82. The number of ether oxygens (including phenoxy) is 1. The molecule has 0 saturated heterocycles. The van der Waals surface area contributed by atoms with Gasteiger partial charge < -0.3 is 15.4 Å².